The Bertz CT molecular complexity index is 837. The Morgan fingerprint density at radius 3 is 2.85 bits per heavy atom. The summed E-state index contributed by atoms with van der Waals surface area (Å²) in [6, 6.07) is 3.83. The van der Waals surface area contributed by atoms with E-state index in [0.717, 1.165) is 16.1 Å². The Balaban J connectivity index is 1.72. The molecule has 0 saturated heterocycles. The van der Waals surface area contributed by atoms with Gasteiger partial charge >= 0.3 is 0 Å². The molecule has 138 valence electrons. The van der Waals surface area contributed by atoms with Gasteiger partial charge in [0.1, 0.15) is 5.76 Å². The zero-order valence-corrected chi connectivity index (χ0v) is 15.7. The molecule has 0 bridgehead atoms. The van der Waals surface area contributed by atoms with Gasteiger partial charge in [-0.05, 0) is 25.3 Å². The Morgan fingerprint density at radius 2 is 2.19 bits per heavy atom. The molecule has 0 saturated carbocycles. The van der Waals surface area contributed by atoms with E-state index in [-0.39, 0.29) is 18.9 Å². The number of hydrogen-bond donors (Lipinski definition) is 0. The first-order chi connectivity index (χ1) is 12.6. The summed E-state index contributed by atoms with van der Waals surface area (Å²) in [6.07, 6.45) is 0.205. The largest absolute Gasteiger partial charge is 0.418 e. The van der Waals surface area contributed by atoms with Crippen LogP contribution in [-0.2, 0) is 22.5 Å². The third-order valence-corrected chi connectivity index (χ3v) is 4.81. The van der Waals surface area contributed by atoms with Gasteiger partial charge in [0.05, 0.1) is 30.1 Å². The van der Waals surface area contributed by atoms with Gasteiger partial charge in [0.15, 0.2) is 0 Å². The summed E-state index contributed by atoms with van der Waals surface area (Å²) in [7, 11) is 1.60. The second-order valence-corrected chi connectivity index (χ2v) is 6.71. The number of ether oxygens (including phenoxy) is 1. The number of thiophene rings is 1. The standard InChI is InChI=1S/C17H20N4O4S/c1-11-13(12(2)25-20-11)9-16(22)21(6-7-23-3)10-15-18-19-17(24-15)14-5-4-8-26-14/h4-5,8H,6-7,9-10H2,1-3H3. The first-order valence-corrected chi connectivity index (χ1v) is 9.01. The maximum Gasteiger partial charge on any atom is 0.257 e. The molecule has 3 rings (SSSR count). The minimum atomic E-state index is -0.0766. The van der Waals surface area contributed by atoms with Crippen molar-refractivity contribution in [2.45, 2.75) is 26.8 Å². The normalized spacial score (nSPS) is 11.0. The van der Waals surface area contributed by atoms with Gasteiger partial charge in [-0.1, -0.05) is 11.2 Å². The Kier molecular flexibility index (Phi) is 5.79. The van der Waals surface area contributed by atoms with Crippen molar-refractivity contribution in [1.82, 2.24) is 20.3 Å². The molecule has 8 nitrogen and oxygen atoms in total. The van der Waals surface area contributed by atoms with Crippen molar-refractivity contribution in [1.29, 1.82) is 0 Å². The molecule has 0 aromatic carbocycles. The van der Waals surface area contributed by atoms with Crippen molar-refractivity contribution >= 4 is 17.2 Å². The highest BCUT2D eigenvalue weighted by atomic mass is 32.1. The van der Waals surface area contributed by atoms with Gasteiger partial charge in [-0.2, -0.15) is 0 Å². The summed E-state index contributed by atoms with van der Waals surface area (Å²) in [5.41, 5.74) is 1.53. The van der Waals surface area contributed by atoms with E-state index in [4.69, 9.17) is 13.7 Å². The molecule has 0 aliphatic rings. The number of amides is 1. The lowest BCUT2D eigenvalue weighted by molar-refractivity contribution is -0.132. The second kappa shape index (κ2) is 8.24. The molecule has 9 heteroatoms. The average Bonchev–Trinajstić information content (AvgIpc) is 3.36. The molecule has 0 aliphatic heterocycles. The fourth-order valence-corrected chi connectivity index (χ4v) is 3.14. The van der Waals surface area contributed by atoms with Gasteiger partial charge in [-0.25, -0.2) is 0 Å². The number of nitrogens with zero attached hydrogens (tertiary/aromatic N) is 4. The van der Waals surface area contributed by atoms with Gasteiger partial charge in [-0.15, -0.1) is 21.5 Å². The van der Waals surface area contributed by atoms with Gasteiger partial charge in [0.25, 0.3) is 5.89 Å². The molecule has 0 unspecified atom stereocenters. The second-order valence-electron chi connectivity index (χ2n) is 5.77. The van der Waals surface area contributed by atoms with E-state index in [2.05, 4.69) is 15.4 Å². The maximum atomic E-state index is 12.8. The van der Waals surface area contributed by atoms with E-state index >= 15 is 0 Å². The summed E-state index contributed by atoms with van der Waals surface area (Å²) in [6.45, 7) is 4.69. The van der Waals surface area contributed by atoms with Crippen LogP contribution in [0.15, 0.2) is 26.5 Å². The molecular weight excluding hydrogens is 356 g/mol. The van der Waals surface area contributed by atoms with Crippen LogP contribution in [-0.4, -0.2) is 46.4 Å². The number of rotatable bonds is 8. The predicted octanol–water partition coefficient (Wildman–Crippen LogP) is 2.62. The Morgan fingerprint density at radius 1 is 1.35 bits per heavy atom. The summed E-state index contributed by atoms with van der Waals surface area (Å²) in [5.74, 6) is 1.42. The van der Waals surface area contributed by atoms with Crippen molar-refractivity contribution in [3.05, 3.63) is 40.4 Å². The van der Waals surface area contributed by atoms with Crippen LogP contribution in [0.25, 0.3) is 10.8 Å². The number of aromatic nitrogens is 3. The smallest absolute Gasteiger partial charge is 0.257 e. The molecule has 0 radical (unpaired) electrons. The predicted molar refractivity (Wildman–Crippen MR) is 94.6 cm³/mol. The van der Waals surface area contributed by atoms with Crippen molar-refractivity contribution < 1.29 is 18.5 Å². The third-order valence-electron chi connectivity index (χ3n) is 3.95. The van der Waals surface area contributed by atoms with Crippen LogP contribution in [0.4, 0.5) is 0 Å². The highest BCUT2D eigenvalue weighted by Gasteiger charge is 2.21. The molecule has 3 aromatic heterocycles. The van der Waals surface area contributed by atoms with Crippen molar-refractivity contribution in [2.24, 2.45) is 0 Å². The van der Waals surface area contributed by atoms with Crippen LogP contribution < -0.4 is 0 Å². The minimum absolute atomic E-state index is 0.0766. The molecule has 0 fully saturated rings. The van der Waals surface area contributed by atoms with Gasteiger partial charge < -0.3 is 18.6 Å². The average molecular weight is 376 g/mol. The third kappa shape index (κ3) is 4.17. The molecule has 3 heterocycles. The minimum Gasteiger partial charge on any atom is -0.418 e. The zero-order valence-electron chi connectivity index (χ0n) is 14.9. The number of aryl methyl sites for hydroxylation is 2. The van der Waals surface area contributed by atoms with Crippen LogP contribution in [0, 0.1) is 13.8 Å². The quantitative estimate of drug-likeness (QED) is 0.596. The SMILES string of the molecule is COCCN(Cc1nnc(-c2cccs2)o1)C(=O)Cc1c(C)noc1C. The first-order valence-electron chi connectivity index (χ1n) is 8.13. The van der Waals surface area contributed by atoms with Crippen LogP contribution in [0.2, 0.25) is 0 Å². The summed E-state index contributed by atoms with van der Waals surface area (Å²) in [5, 5.41) is 14.0. The lowest BCUT2D eigenvalue weighted by Crippen LogP contribution is -2.34. The summed E-state index contributed by atoms with van der Waals surface area (Å²) in [4.78, 5) is 15.3. The molecule has 1 amide bonds. The molecule has 0 spiro atoms. The summed E-state index contributed by atoms with van der Waals surface area (Å²) < 4.78 is 15.9. The van der Waals surface area contributed by atoms with E-state index in [1.54, 1.807) is 18.9 Å². The maximum absolute atomic E-state index is 12.8. The van der Waals surface area contributed by atoms with Crippen molar-refractivity contribution in [3.63, 3.8) is 0 Å². The van der Waals surface area contributed by atoms with E-state index in [1.807, 2.05) is 24.4 Å². The lowest BCUT2D eigenvalue weighted by atomic mass is 10.1. The van der Waals surface area contributed by atoms with Crippen LogP contribution >= 0.6 is 11.3 Å². The van der Waals surface area contributed by atoms with E-state index in [9.17, 15) is 4.79 Å². The van der Waals surface area contributed by atoms with Gasteiger partial charge in [0, 0.05) is 19.2 Å². The van der Waals surface area contributed by atoms with Gasteiger partial charge in [-0.3, -0.25) is 4.79 Å². The monoisotopic (exact) mass is 376 g/mol. The van der Waals surface area contributed by atoms with Crippen LogP contribution in [0.3, 0.4) is 0 Å². The van der Waals surface area contributed by atoms with Crippen molar-refractivity contribution in [2.75, 3.05) is 20.3 Å². The molecule has 26 heavy (non-hydrogen) atoms. The van der Waals surface area contributed by atoms with Crippen LogP contribution in [0.5, 0.6) is 0 Å². The summed E-state index contributed by atoms with van der Waals surface area (Å²) >= 11 is 1.52. The fourth-order valence-electron chi connectivity index (χ4n) is 2.49. The van der Waals surface area contributed by atoms with Crippen molar-refractivity contribution in [3.8, 4) is 10.8 Å². The molecule has 0 N–H and O–H groups in total. The van der Waals surface area contributed by atoms with Gasteiger partial charge in [0.2, 0.25) is 11.8 Å². The lowest BCUT2D eigenvalue weighted by Gasteiger charge is -2.20. The molecular formula is C17H20N4O4S. The number of methoxy groups -OCH3 is 1. The Hall–Kier alpha value is -2.52. The first kappa shape index (κ1) is 18.3. The molecule has 3 aromatic rings. The zero-order chi connectivity index (χ0) is 18.5. The fraction of sp³-hybridized carbons (Fsp3) is 0.412. The van der Waals surface area contributed by atoms with E-state index in [0.29, 0.717) is 30.7 Å². The number of hydrogen-bond acceptors (Lipinski definition) is 8. The topological polar surface area (TPSA) is 94.5 Å². The highest BCUT2D eigenvalue weighted by Crippen LogP contribution is 2.23. The number of carbonyl (C=O) groups excluding carboxylic acids is 1. The molecule has 0 aliphatic carbocycles. The van der Waals surface area contributed by atoms with E-state index < -0.39 is 0 Å². The van der Waals surface area contributed by atoms with Crippen LogP contribution in [0.1, 0.15) is 22.9 Å². The highest BCUT2D eigenvalue weighted by molar-refractivity contribution is 7.13. The molecule has 0 atom stereocenters. The Labute approximate surface area is 154 Å². The number of carbonyl (C=O) groups is 1. The van der Waals surface area contributed by atoms with E-state index in [1.165, 1.54) is 11.3 Å².